The normalized spacial score (nSPS) is 12.9. The second kappa shape index (κ2) is 14.4. The zero-order valence-electron chi connectivity index (χ0n) is 25.4. The van der Waals surface area contributed by atoms with Crippen molar-refractivity contribution in [2.24, 2.45) is 0 Å². The molecule has 0 aromatic heterocycles. The van der Waals surface area contributed by atoms with E-state index in [2.05, 4.69) is 99.9 Å². The molecular formula is C36H38BrN3O4. The number of nitrogens with one attached hydrogen (secondary N) is 1. The van der Waals surface area contributed by atoms with Crippen molar-refractivity contribution < 1.29 is 19.1 Å². The number of halogens is 1. The molecule has 0 saturated carbocycles. The summed E-state index contributed by atoms with van der Waals surface area (Å²) in [4.78, 5) is 28.4. The molecule has 1 amide bonds. The number of carbonyl (C=O) groups excluding carboxylic acids is 2. The first kappa shape index (κ1) is 31.1. The van der Waals surface area contributed by atoms with Gasteiger partial charge in [-0.25, -0.2) is 4.79 Å². The maximum atomic E-state index is 13.8. The van der Waals surface area contributed by atoms with Gasteiger partial charge in [0.25, 0.3) is 0 Å². The van der Waals surface area contributed by atoms with Gasteiger partial charge < -0.3 is 14.4 Å². The molecule has 1 fully saturated rings. The maximum Gasteiger partial charge on any atom is 0.341 e. The van der Waals surface area contributed by atoms with E-state index < -0.39 is 5.97 Å². The van der Waals surface area contributed by atoms with Gasteiger partial charge in [0.15, 0.2) is 0 Å². The van der Waals surface area contributed by atoms with E-state index >= 15 is 0 Å². The molecule has 7 nitrogen and oxygen atoms in total. The van der Waals surface area contributed by atoms with Crippen LogP contribution in [-0.2, 0) is 22.4 Å². The SMILES string of the molecule is COC(=O)c1cc(Br)c(CC(=O)NN(c2ccc(Cc3ccccc3)cc2)c2c(C)cccc2N2CCCCC2)cc1OC. The third-order valence-corrected chi connectivity index (χ3v) is 8.68. The van der Waals surface area contributed by atoms with Crippen LogP contribution in [0.2, 0.25) is 0 Å². The van der Waals surface area contributed by atoms with E-state index in [9.17, 15) is 9.59 Å². The minimum atomic E-state index is -0.509. The highest BCUT2D eigenvalue weighted by Gasteiger charge is 2.24. The monoisotopic (exact) mass is 655 g/mol. The molecule has 1 aliphatic heterocycles. The van der Waals surface area contributed by atoms with Crippen molar-refractivity contribution in [1.29, 1.82) is 0 Å². The van der Waals surface area contributed by atoms with E-state index in [0.717, 1.165) is 55.0 Å². The van der Waals surface area contributed by atoms with Crippen LogP contribution in [0.1, 0.15) is 51.9 Å². The minimum absolute atomic E-state index is 0.0614. The summed E-state index contributed by atoms with van der Waals surface area (Å²) in [6.07, 6.45) is 4.41. The Hall–Kier alpha value is -4.30. The van der Waals surface area contributed by atoms with E-state index in [-0.39, 0.29) is 17.9 Å². The van der Waals surface area contributed by atoms with Crippen molar-refractivity contribution in [3.8, 4) is 5.75 Å². The molecule has 1 heterocycles. The molecule has 5 rings (SSSR count). The standard InChI is InChI=1S/C36H38BrN3O4/c1-25-11-10-14-32(39-19-8-5-9-20-39)35(25)40(29-17-15-27(16-18-29)21-26-12-6-4-7-13-26)38-34(41)23-28-22-33(43-2)30(24-31(28)37)36(42)44-3/h4,6-7,10-18,22,24H,5,8-9,19-21,23H2,1-3H3,(H,38,41). The number of aryl methyl sites for hydroxylation is 1. The van der Waals surface area contributed by atoms with Gasteiger partial charge in [0.2, 0.25) is 5.91 Å². The third kappa shape index (κ3) is 7.25. The molecule has 1 aliphatic rings. The number of hydrogen-bond donors (Lipinski definition) is 1. The first-order valence-corrected chi connectivity index (χ1v) is 15.7. The zero-order chi connectivity index (χ0) is 31.1. The maximum absolute atomic E-state index is 13.8. The lowest BCUT2D eigenvalue weighted by Gasteiger charge is -2.35. The summed E-state index contributed by atoms with van der Waals surface area (Å²) < 4.78 is 11.0. The number of anilines is 3. The van der Waals surface area contributed by atoms with Crippen molar-refractivity contribution >= 4 is 44.9 Å². The Morgan fingerprint density at radius 2 is 1.59 bits per heavy atom. The molecular weight excluding hydrogens is 618 g/mol. The average molecular weight is 657 g/mol. The Kier molecular flexibility index (Phi) is 10.2. The van der Waals surface area contributed by atoms with Gasteiger partial charge in [-0.1, -0.05) is 70.5 Å². The summed E-state index contributed by atoms with van der Waals surface area (Å²) in [5, 5.41) is 1.92. The smallest absolute Gasteiger partial charge is 0.341 e. The van der Waals surface area contributed by atoms with Gasteiger partial charge in [0, 0.05) is 17.6 Å². The van der Waals surface area contributed by atoms with Crippen molar-refractivity contribution in [3.05, 3.63) is 117 Å². The fourth-order valence-corrected chi connectivity index (χ4v) is 6.16. The van der Waals surface area contributed by atoms with Gasteiger partial charge in [-0.3, -0.25) is 15.2 Å². The fourth-order valence-electron chi connectivity index (χ4n) is 5.67. The number of para-hydroxylation sites is 1. The number of hydrogen-bond acceptors (Lipinski definition) is 6. The number of esters is 1. The van der Waals surface area contributed by atoms with Crippen LogP contribution in [0.5, 0.6) is 5.75 Å². The fraction of sp³-hybridized carbons (Fsp3) is 0.278. The highest BCUT2D eigenvalue weighted by atomic mass is 79.9. The van der Waals surface area contributed by atoms with Gasteiger partial charge in [-0.05, 0) is 85.2 Å². The molecule has 0 spiro atoms. The Bertz CT molecular complexity index is 1600. The Balaban J connectivity index is 1.48. The van der Waals surface area contributed by atoms with Crippen molar-refractivity contribution in [1.82, 2.24) is 5.43 Å². The molecule has 228 valence electrons. The molecule has 0 aliphatic carbocycles. The van der Waals surface area contributed by atoms with Crippen molar-refractivity contribution in [2.45, 2.75) is 39.0 Å². The number of rotatable bonds is 10. The van der Waals surface area contributed by atoms with Crippen LogP contribution in [0.25, 0.3) is 0 Å². The first-order valence-electron chi connectivity index (χ1n) is 14.9. The molecule has 8 heteroatoms. The highest BCUT2D eigenvalue weighted by Crippen LogP contribution is 2.38. The Morgan fingerprint density at radius 3 is 2.27 bits per heavy atom. The summed E-state index contributed by atoms with van der Waals surface area (Å²) in [5.74, 6) is -0.370. The summed E-state index contributed by atoms with van der Waals surface area (Å²) >= 11 is 3.54. The van der Waals surface area contributed by atoms with Crippen LogP contribution in [0.3, 0.4) is 0 Å². The topological polar surface area (TPSA) is 71.1 Å². The minimum Gasteiger partial charge on any atom is -0.496 e. The van der Waals surface area contributed by atoms with Crippen molar-refractivity contribution in [2.75, 3.05) is 37.2 Å². The highest BCUT2D eigenvalue weighted by molar-refractivity contribution is 9.10. The second-order valence-corrected chi connectivity index (χ2v) is 11.9. The lowest BCUT2D eigenvalue weighted by atomic mass is 10.0. The quantitative estimate of drug-likeness (QED) is 0.141. The van der Waals surface area contributed by atoms with Gasteiger partial charge in [0.1, 0.15) is 11.3 Å². The molecule has 1 saturated heterocycles. The number of ether oxygens (including phenoxy) is 2. The van der Waals surface area contributed by atoms with Gasteiger partial charge in [0.05, 0.1) is 37.7 Å². The molecule has 0 bridgehead atoms. The van der Waals surface area contributed by atoms with Gasteiger partial charge in [-0.15, -0.1) is 0 Å². The molecule has 0 unspecified atom stereocenters. The van der Waals surface area contributed by atoms with E-state index in [1.807, 2.05) is 11.1 Å². The number of nitrogens with zero attached hydrogens (tertiary/aromatic N) is 2. The average Bonchev–Trinajstić information content (AvgIpc) is 3.05. The van der Waals surface area contributed by atoms with Crippen LogP contribution < -0.4 is 20.1 Å². The number of benzene rings is 4. The number of methoxy groups -OCH3 is 2. The summed E-state index contributed by atoms with van der Waals surface area (Å²) in [6, 6.07) is 28.4. The van der Waals surface area contributed by atoms with E-state index in [4.69, 9.17) is 9.47 Å². The van der Waals surface area contributed by atoms with Gasteiger partial charge in [-0.2, -0.15) is 0 Å². The predicted molar refractivity (Wildman–Crippen MR) is 179 cm³/mol. The Labute approximate surface area is 267 Å². The second-order valence-electron chi connectivity index (χ2n) is 11.0. The Morgan fingerprint density at radius 1 is 0.886 bits per heavy atom. The summed E-state index contributed by atoms with van der Waals surface area (Å²) in [7, 11) is 2.81. The number of piperidine rings is 1. The molecule has 44 heavy (non-hydrogen) atoms. The van der Waals surface area contributed by atoms with E-state index in [1.54, 1.807) is 12.1 Å². The molecule has 1 N–H and O–H groups in total. The first-order chi connectivity index (χ1) is 21.4. The van der Waals surface area contributed by atoms with Crippen LogP contribution in [0.15, 0.2) is 89.4 Å². The van der Waals surface area contributed by atoms with Crippen LogP contribution in [-0.4, -0.2) is 39.2 Å². The molecule has 0 atom stereocenters. The largest absolute Gasteiger partial charge is 0.496 e. The van der Waals surface area contributed by atoms with Crippen LogP contribution in [0, 0.1) is 6.92 Å². The number of hydrazine groups is 1. The van der Waals surface area contributed by atoms with E-state index in [0.29, 0.717) is 15.8 Å². The zero-order valence-corrected chi connectivity index (χ0v) is 27.0. The van der Waals surface area contributed by atoms with Gasteiger partial charge >= 0.3 is 5.97 Å². The summed E-state index contributed by atoms with van der Waals surface area (Å²) in [5.41, 5.74) is 10.6. The van der Waals surface area contributed by atoms with Crippen molar-refractivity contribution in [3.63, 3.8) is 0 Å². The number of carbonyl (C=O) groups is 2. The lowest BCUT2D eigenvalue weighted by Crippen LogP contribution is -2.41. The van der Waals surface area contributed by atoms with Crippen LogP contribution >= 0.6 is 15.9 Å². The predicted octanol–water partition coefficient (Wildman–Crippen LogP) is 7.55. The summed E-state index contributed by atoms with van der Waals surface area (Å²) in [6.45, 7) is 4.04. The lowest BCUT2D eigenvalue weighted by molar-refractivity contribution is -0.120. The number of amides is 1. The molecule has 4 aromatic rings. The molecule has 0 radical (unpaired) electrons. The third-order valence-electron chi connectivity index (χ3n) is 7.94. The van der Waals surface area contributed by atoms with Crippen LogP contribution in [0.4, 0.5) is 17.1 Å². The molecule has 4 aromatic carbocycles. The van der Waals surface area contributed by atoms with E-state index in [1.165, 1.54) is 31.8 Å².